The highest BCUT2D eigenvalue weighted by atomic mass is 35.5. The van der Waals surface area contributed by atoms with E-state index in [0.29, 0.717) is 29.2 Å². The molecule has 0 saturated carbocycles. The Hall–Kier alpha value is -1.55. The van der Waals surface area contributed by atoms with E-state index in [-0.39, 0.29) is 11.8 Å². The summed E-state index contributed by atoms with van der Waals surface area (Å²) in [6, 6.07) is 5.10. The number of oxazole rings is 1. The van der Waals surface area contributed by atoms with E-state index in [4.69, 9.17) is 16.0 Å². The topological polar surface area (TPSA) is 46.3 Å². The van der Waals surface area contributed by atoms with Crippen LogP contribution >= 0.6 is 11.6 Å². The molecule has 1 amide bonds. The number of carbonyl (C=O) groups excluding carboxylic acids is 1. The summed E-state index contributed by atoms with van der Waals surface area (Å²) < 4.78 is 5.41. The van der Waals surface area contributed by atoms with Gasteiger partial charge in [0.1, 0.15) is 5.52 Å². The van der Waals surface area contributed by atoms with E-state index in [1.807, 2.05) is 13.8 Å². The van der Waals surface area contributed by atoms with E-state index in [2.05, 4.69) is 4.98 Å². The monoisotopic (exact) mass is 252 g/mol. The molecule has 0 fully saturated rings. The highest BCUT2D eigenvalue weighted by Gasteiger charge is 2.19. The lowest BCUT2D eigenvalue weighted by atomic mass is 10.3. The Morgan fingerprint density at radius 1 is 1.41 bits per heavy atom. The maximum Gasteiger partial charge on any atom is 0.309 e. The third-order valence-electron chi connectivity index (χ3n) is 2.58. The summed E-state index contributed by atoms with van der Waals surface area (Å²) in [4.78, 5) is 17.8. The lowest BCUT2D eigenvalue weighted by Crippen LogP contribution is -2.30. The number of hydrogen-bond acceptors (Lipinski definition) is 3. The van der Waals surface area contributed by atoms with Crippen LogP contribution in [-0.4, -0.2) is 28.9 Å². The summed E-state index contributed by atoms with van der Waals surface area (Å²) in [5.41, 5.74) is 1.18. The minimum absolute atomic E-state index is 0.117. The van der Waals surface area contributed by atoms with Crippen LogP contribution in [0, 0.1) is 0 Å². The van der Waals surface area contributed by atoms with Crippen molar-refractivity contribution < 1.29 is 9.21 Å². The highest BCUT2D eigenvalue weighted by molar-refractivity contribution is 6.31. The molecule has 0 radical (unpaired) electrons. The zero-order valence-corrected chi connectivity index (χ0v) is 10.5. The van der Waals surface area contributed by atoms with Crippen LogP contribution in [0.15, 0.2) is 22.6 Å². The van der Waals surface area contributed by atoms with Crippen LogP contribution in [0.5, 0.6) is 0 Å². The molecule has 1 aromatic carbocycles. The molecule has 0 aliphatic heterocycles. The van der Waals surface area contributed by atoms with Gasteiger partial charge in [0.2, 0.25) is 0 Å². The Kier molecular flexibility index (Phi) is 3.33. The van der Waals surface area contributed by atoms with Crippen molar-refractivity contribution in [1.82, 2.24) is 9.88 Å². The molecular formula is C12H13ClN2O2. The molecule has 5 heteroatoms. The molecule has 0 unspecified atom stereocenters. The fourth-order valence-corrected chi connectivity index (χ4v) is 1.80. The second-order valence-electron chi connectivity index (χ2n) is 3.61. The molecule has 1 heterocycles. The van der Waals surface area contributed by atoms with Crippen LogP contribution in [0.2, 0.25) is 5.02 Å². The molecular weight excluding hydrogens is 240 g/mol. The van der Waals surface area contributed by atoms with Gasteiger partial charge in [-0.05, 0) is 32.0 Å². The number of hydrogen-bond donors (Lipinski definition) is 0. The third kappa shape index (κ3) is 2.26. The van der Waals surface area contributed by atoms with Crippen LogP contribution in [0.1, 0.15) is 24.5 Å². The molecule has 0 bridgehead atoms. The summed E-state index contributed by atoms with van der Waals surface area (Å²) in [6.07, 6.45) is 0. The van der Waals surface area contributed by atoms with Crippen molar-refractivity contribution in [2.75, 3.05) is 13.1 Å². The van der Waals surface area contributed by atoms with Crippen molar-refractivity contribution in [2.45, 2.75) is 13.8 Å². The molecule has 0 N–H and O–H groups in total. The maximum atomic E-state index is 12.0. The fourth-order valence-electron chi connectivity index (χ4n) is 1.64. The Bertz CT molecular complexity index is 546. The lowest BCUT2D eigenvalue weighted by Gasteiger charge is -2.15. The van der Waals surface area contributed by atoms with Crippen LogP contribution in [-0.2, 0) is 0 Å². The van der Waals surface area contributed by atoms with Crippen LogP contribution < -0.4 is 0 Å². The maximum absolute atomic E-state index is 12.0. The van der Waals surface area contributed by atoms with E-state index < -0.39 is 0 Å². The van der Waals surface area contributed by atoms with Crippen molar-refractivity contribution >= 4 is 28.6 Å². The van der Waals surface area contributed by atoms with Gasteiger partial charge in [0.05, 0.1) is 0 Å². The van der Waals surface area contributed by atoms with Crippen molar-refractivity contribution in [3.8, 4) is 0 Å². The summed E-state index contributed by atoms with van der Waals surface area (Å²) in [5.74, 6) is -0.0757. The van der Waals surface area contributed by atoms with E-state index in [0.717, 1.165) is 0 Å². The number of halogens is 1. The zero-order valence-electron chi connectivity index (χ0n) is 9.74. The average molecular weight is 253 g/mol. The molecule has 90 valence electrons. The van der Waals surface area contributed by atoms with Gasteiger partial charge in [0, 0.05) is 18.1 Å². The molecule has 0 aliphatic carbocycles. The third-order valence-corrected chi connectivity index (χ3v) is 2.82. The Balaban J connectivity index is 2.39. The first-order chi connectivity index (χ1) is 8.15. The first kappa shape index (κ1) is 11.9. The Labute approximate surface area is 104 Å². The van der Waals surface area contributed by atoms with Gasteiger partial charge in [-0.2, -0.15) is 0 Å². The number of nitrogens with zero attached hydrogens (tertiary/aromatic N) is 2. The van der Waals surface area contributed by atoms with Crippen molar-refractivity contribution in [3.05, 3.63) is 29.1 Å². The van der Waals surface area contributed by atoms with Crippen LogP contribution in [0.25, 0.3) is 11.1 Å². The normalized spacial score (nSPS) is 10.8. The van der Waals surface area contributed by atoms with E-state index in [1.165, 1.54) is 0 Å². The molecule has 0 saturated heterocycles. The largest absolute Gasteiger partial charge is 0.432 e. The molecule has 2 aromatic rings. The number of aromatic nitrogens is 1. The van der Waals surface area contributed by atoms with Crippen molar-refractivity contribution in [3.63, 3.8) is 0 Å². The predicted octanol–water partition coefficient (Wildman–Crippen LogP) is 2.96. The van der Waals surface area contributed by atoms with E-state index in [1.54, 1.807) is 23.1 Å². The molecule has 17 heavy (non-hydrogen) atoms. The van der Waals surface area contributed by atoms with Gasteiger partial charge < -0.3 is 9.32 Å². The van der Waals surface area contributed by atoms with Crippen molar-refractivity contribution in [2.24, 2.45) is 0 Å². The van der Waals surface area contributed by atoms with Crippen molar-refractivity contribution in [1.29, 1.82) is 0 Å². The first-order valence-electron chi connectivity index (χ1n) is 5.51. The van der Waals surface area contributed by atoms with E-state index in [9.17, 15) is 4.79 Å². The number of fused-ring (bicyclic) bond motifs is 1. The van der Waals surface area contributed by atoms with Gasteiger partial charge in [0.15, 0.2) is 5.58 Å². The standard InChI is InChI=1S/C12H13ClN2O2/c1-3-15(4-2)12(16)11-14-9-7-8(13)5-6-10(9)17-11/h5-7H,3-4H2,1-2H3. The minimum Gasteiger partial charge on any atom is -0.432 e. The minimum atomic E-state index is -0.192. The Morgan fingerprint density at radius 3 is 2.76 bits per heavy atom. The summed E-state index contributed by atoms with van der Waals surface area (Å²) >= 11 is 5.85. The van der Waals surface area contributed by atoms with Crippen LogP contribution in [0.4, 0.5) is 0 Å². The first-order valence-corrected chi connectivity index (χ1v) is 5.88. The van der Waals surface area contributed by atoms with E-state index >= 15 is 0 Å². The summed E-state index contributed by atoms with van der Waals surface area (Å²) in [7, 11) is 0. The fraction of sp³-hybridized carbons (Fsp3) is 0.333. The molecule has 0 spiro atoms. The second-order valence-corrected chi connectivity index (χ2v) is 4.04. The molecule has 4 nitrogen and oxygen atoms in total. The van der Waals surface area contributed by atoms with Gasteiger partial charge in [-0.15, -0.1) is 0 Å². The van der Waals surface area contributed by atoms with Crippen LogP contribution in [0.3, 0.4) is 0 Å². The average Bonchev–Trinajstić information content (AvgIpc) is 2.73. The second kappa shape index (κ2) is 4.75. The highest BCUT2D eigenvalue weighted by Crippen LogP contribution is 2.20. The number of amides is 1. The summed E-state index contributed by atoms with van der Waals surface area (Å²) in [6.45, 7) is 5.10. The lowest BCUT2D eigenvalue weighted by molar-refractivity contribution is 0.0735. The quantitative estimate of drug-likeness (QED) is 0.844. The van der Waals surface area contributed by atoms with Gasteiger partial charge in [-0.1, -0.05) is 11.6 Å². The SMILES string of the molecule is CCN(CC)C(=O)c1nc2cc(Cl)ccc2o1. The smallest absolute Gasteiger partial charge is 0.309 e. The number of carbonyl (C=O) groups is 1. The number of benzene rings is 1. The Morgan fingerprint density at radius 2 is 2.12 bits per heavy atom. The summed E-state index contributed by atoms with van der Waals surface area (Å²) in [5, 5.41) is 0.577. The zero-order chi connectivity index (χ0) is 12.4. The molecule has 2 rings (SSSR count). The van der Waals surface area contributed by atoms with Gasteiger partial charge in [-0.3, -0.25) is 4.79 Å². The van der Waals surface area contributed by atoms with Gasteiger partial charge in [-0.25, -0.2) is 4.98 Å². The number of rotatable bonds is 3. The molecule has 1 aromatic heterocycles. The molecule has 0 atom stereocenters. The van der Waals surface area contributed by atoms with Gasteiger partial charge in [0.25, 0.3) is 5.89 Å². The predicted molar refractivity (Wildman–Crippen MR) is 66.3 cm³/mol. The molecule has 0 aliphatic rings. The van der Waals surface area contributed by atoms with Gasteiger partial charge >= 0.3 is 5.91 Å².